The topological polar surface area (TPSA) is 43.8 Å². The Morgan fingerprint density at radius 1 is 1.18 bits per heavy atom. The van der Waals surface area contributed by atoms with Crippen LogP contribution >= 0.6 is 11.6 Å². The fourth-order valence-electron chi connectivity index (χ4n) is 1.90. The smallest absolute Gasteiger partial charge is 0.201 e. The van der Waals surface area contributed by atoms with E-state index in [2.05, 4.69) is 25.8 Å². The zero-order chi connectivity index (χ0) is 12.6. The summed E-state index contributed by atoms with van der Waals surface area (Å²) in [7, 11) is 0. The minimum absolute atomic E-state index is 0.102. The van der Waals surface area contributed by atoms with Crippen molar-refractivity contribution in [1.82, 2.24) is 9.55 Å². The Bertz CT molecular complexity index is 521. The van der Waals surface area contributed by atoms with E-state index in [9.17, 15) is 0 Å². The third kappa shape index (κ3) is 2.29. The highest BCUT2D eigenvalue weighted by Gasteiger charge is 2.20. The standard InChI is InChI=1S/C13H16ClN3/c1-13(2,3)17-11(8-16-12(17)15)9-4-6-10(14)7-5-9/h4-8H,1-3H3,(H2,15,16). The molecular formula is C13H16ClN3. The molecule has 0 saturated heterocycles. The van der Waals surface area contributed by atoms with Gasteiger partial charge in [0.15, 0.2) is 0 Å². The summed E-state index contributed by atoms with van der Waals surface area (Å²) in [5.41, 5.74) is 7.89. The van der Waals surface area contributed by atoms with E-state index < -0.39 is 0 Å². The fourth-order valence-corrected chi connectivity index (χ4v) is 2.02. The van der Waals surface area contributed by atoms with Crippen LogP contribution in [-0.4, -0.2) is 9.55 Å². The number of benzene rings is 1. The highest BCUT2D eigenvalue weighted by Crippen LogP contribution is 2.29. The SMILES string of the molecule is CC(C)(C)n1c(-c2ccc(Cl)cc2)cnc1N. The third-order valence-corrected chi connectivity index (χ3v) is 2.85. The number of anilines is 1. The molecule has 0 aliphatic heterocycles. The van der Waals surface area contributed by atoms with Crippen LogP contribution in [0.2, 0.25) is 5.02 Å². The van der Waals surface area contributed by atoms with Gasteiger partial charge in [-0.3, -0.25) is 0 Å². The predicted molar refractivity (Wildman–Crippen MR) is 72.1 cm³/mol. The van der Waals surface area contributed by atoms with Gasteiger partial charge in [-0.15, -0.1) is 0 Å². The first-order valence-corrected chi connectivity index (χ1v) is 5.87. The van der Waals surface area contributed by atoms with E-state index in [1.807, 2.05) is 28.8 Å². The predicted octanol–water partition coefficient (Wildman–Crippen LogP) is 3.54. The van der Waals surface area contributed by atoms with Crippen molar-refractivity contribution >= 4 is 17.5 Å². The molecule has 0 aliphatic rings. The third-order valence-electron chi connectivity index (χ3n) is 2.60. The molecule has 0 saturated carbocycles. The van der Waals surface area contributed by atoms with Crippen molar-refractivity contribution in [3.63, 3.8) is 0 Å². The van der Waals surface area contributed by atoms with E-state index in [0.29, 0.717) is 5.95 Å². The molecule has 0 radical (unpaired) electrons. The molecule has 1 aromatic carbocycles. The van der Waals surface area contributed by atoms with E-state index in [1.54, 1.807) is 6.20 Å². The van der Waals surface area contributed by atoms with Gasteiger partial charge in [0.2, 0.25) is 5.95 Å². The van der Waals surface area contributed by atoms with Crippen LogP contribution in [0, 0.1) is 0 Å². The van der Waals surface area contributed by atoms with Crippen LogP contribution in [0.25, 0.3) is 11.3 Å². The molecule has 0 atom stereocenters. The zero-order valence-electron chi connectivity index (χ0n) is 10.2. The Kier molecular flexibility index (Phi) is 2.87. The van der Waals surface area contributed by atoms with E-state index in [-0.39, 0.29) is 5.54 Å². The number of aromatic nitrogens is 2. The molecule has 2 rings (SSSR count). The zero-order valence-corrected chi connectivity index (χ0v) is 11.0. The normalized spacial score (nSPS) is 11.8. The van der Waals surface area contributed by atoms with Gasteiger partial charge in [-0.25, -0.2) is 4.98 Å². The number of imidazole rings is 1. The molecule has 0 spiro atoms. The first-order valence-electron chi connectivity index (χ1n) is 5.49. The Hall–Kier alpha value is -1.48. The van der Waals surface area contributed by atoms with Crippen LogP contribution < -0.4 is 5.73 Å². The molecule has 4 heteroatoms. The quantitative estimate of drug-likeness (QED) is 0.840. The maximum atomic E-state index is 5.92. The second kappa shape index (κ2) is 4.08. The van der Waals surface area contributed by atoms with Gasteiger partial charge >= 0.3 is 0 Å². The van der Waals surface area contributed by atoms with Crippen LogP contribution in [0.15, 0.2) is 30.5 Å². The van der Waals surface area contributed by atoms with Crippen molar-refractivity contribution in [2.45, 2.75) is 26.3 Å². The van der Waals surface area contributed by atoms with Crippen molar-refractivity contribution in [3.05, 3.63) is 35.5 Å². The van der Waals surface area contributed by atoms with E-state index in [4.69, 9.17) is 17.3 Å². The average molecular weight is 250 g/mol. The van der Waals surface area contributed by atoms with Gasteiger partial charge in [0.1, 0.15) is 0 Å². The number of hydrogen-bond donors (Lipinski definition) is 1. The highest BCUT2D eigenvalue weighted by atomic mass is 35.5. The summed E-state index contributed by atoms with van der Waals surface area (Å²) in [6, 6.07) is 7.68. The average Bonchev–Trinajstić information content (AvgIpc) is 2.61. The van der Waals surface area contributed by atoms with Crippen molar-refractivity contribution < 1.29 is 0 Å². The summed E-state index contributed by atoms with van der Waals surface area (Å²) >= 11 is 5.89. The summed E-state index contributed by atoms with van der Waals surface area (Å²) in [6.45, 7) is 6.30. The Balaban J connectivity index is 2.57. The highest BCUT2D eigenvalue weighted by molar-refractivity contribution is 6.30. The molecule has 0 bridgehead atoms. The monoisotopic (exact) mass is 249 g/mol. The van der Waals surface area contributed by atoms with E-state index in [0.717, 1.165) is 16.3 Å². The van der Waals surface area contributed by atoms with E-state index >= 15 is 0 Å². The molecule has 17 heavy (non-hydrogen) atoms. The lowest BCUT2D eigenvalue weighted by Crippen LogP contribution is -2.24. The van der Waals surface area contributed by atoms with Crippen molar-refractivity contribution in [2.75, 3.05) is 5.73 Å². The van der Waals surface area contributed by atoms with Crippen molar-refractivity contribution in [2.24, 2.45) is 0 Å². The van der Waals surface area contributed by atoms with E-state index in [1.165, 1.54) is 0 Å². The lowest BCUT2D eigenvalue weighted by molar-refractivity contribution is 0.407. The molecule has 90 valence electrons. The molecular weight excluding hydrogens is 234 g/mol. The maximum absolute atomic E-state index is 5.92. The minimum atomic E-state index is -0.102. The largest absolute Gasteiger partial charge is 0.369 e. The van der Waals surface area contributed by atoms with Gasteiger partial charge in [0.05, 0.1) is 11.9 Å². The van der Waals surface area contributed by atoms with Crippen LogP contribution in [0.5, 0.6) is 0 Å². The molecule has 1 heterocycles. The van der Waals surface area contributed by atoms with Gasteiger partial charge in [0.25, 0.3) is 0 Å². The Morgan fingerprint density at radius 3 is 2.29 bits per heavy atom. The summed E-state index contributed by atoms with van der Waals surface area (Å²) in [6.07, 6.45) is 1.80. The number of nitrogens with zero attached hydrogens (tertiary/aromatic N) is 2. The number of hydrogen-bond acceptors (Lipinski definition) is 2. The van der Waals surface area contributed by atoms with Crippen molar-refractivity contribution in [1.29, 1.82) is 0 Å². The Morgan fingerprint density at radius 2 is 1.76 bits per heavy atom. The molecule has 2 N–H and O–H groups in total. The fraction of sp³-hybridized carbons (Fsp3) is 0.308. The number of nitrogen functional groups attached to an aromatic ring is 1. The van der Waals surface area contributed by atoms with Crippen LogP contribution in [-0.2, 0) is 5.54 Å². The second-order valence-corrected chi connectivity index (χ2v) is 5.45. The summed E-state index contributed by atoms with van der Waals surface area (Å²) in [4.78, 5) is 4.19. The first kappa shape index (κ1) is 12.0. The maximum Gasteiger partial charge on any atom is 0.201 e. The second-order valence-electron chi connectivity index (χ2n) is 5.01. The van der Waals surface area contributed by atoms with Gasteiger partial charge in [-0.1, -0.05) is 23.7 Å². The number of halogens is 1. The summed E-state index contributed by atoms with van der Waals surface area (Å²) in [5, 5.41) is 0.726. The molecule has 0 unspecified atom stereocenters. The van der Waals surface area contributed by atoms with Crippen molar-refractivity contribution in [3.8, 4) is 11.3 Å². The molecule has 1 aromatic heterocycles. The lowest BCUT2D eigenvalue weighted by Gasteiger charge is -2.25. The van der Waals surface area contributed by atoms with Crippen LogP contribution in [0.1, 0.15) is 20.8 Å². The number of nitrogens with two attached hydrogens (primary N) is 1. The minimum Gasteiger partial charge on any atom is -0.369 e. The van der Waals surface area contributed by atoms with Gasteiger partial charge in [0, 0.05) is 10.6 Å². The summed E-state index contributed by atoms with van der Waals surface area (Å²) < 4.78 is 2.02. The summed E-state index contributed by atoms with van der Waals surface area (Å²) in [5.74, 6) is 0.530. The molecule has 0 aliphatic carbocycles. The molecule has 0 fully saturated rings. The number of rotatable bonds is 1. The van der Waals surface area contributed by atoms with Gasteiger partial charge in [-0.2, -0.15) is 0 Å². The lowest BCUT2D eigenvalue weighted by atomic mass is 10.1. The molecule has 2 aromatic rings. The van der Waals surface area contributed by atoms with Crippen LogP contribution in [0.3, 0.4) is 0 Å². The van der Waals surface area contributed by atoms with Crippen LogP contribution in [0.4, 0.5) is 5.95 Å². The van der Waals surface area contributed by atoms with Gasteiger partial charge in [-0.05, 0) is 38.5 Å². The molecule has 0 amide bonds. The Labute approximate surface area is 106 Å². The molecule has 3 nitrogen and oxygen atoms in total. The first-order chi connectivity index (χ1) is 7.89. The van der Waals surface area contributed by atoms with Gasteiger partial charge < -0.3 is 10.3 Å².